The third-order valence-electron chi connectivity index (χ3n) is 4.22. The number of amides is 1. The van der Waals surface area contributed by atoms with E-state index in [9.17, 15) is 4.79 Å². The van der Waals surface area contributed by atoms with E-state index in [0.717, 1.165) is 11.1 Å². The minimum atomic E-state index is -2.07. The molecule has 3 heterocycles. The molecule has 2 fully saturated rings. The van der Waals surface area contributed by atoms with Crippen LogP contribution in [0.25, 0.3) is 6.08 Å². The van der Waals surface area contributed by atoms with Gasteiger partial charge < -0.3 is 9.47 Å². The second-order valence-electron chi connectivity index (χ2n) is 6.14. The zero-order chi connectivity index (χ0) is 19.0. The molecule has 0 saturated carbocycles. The number of fused-ring (bicyclic) bond motifs is 1. The normalized spacial score (nSPS) is 23.5. The van der Waals surface area contributed by atoms with Crippen LogP contribution >= 0.6 is 22.5 Å². The van der Waals surface area contributed by atoms with Crippen LogP contribution in [0.4, 0.5) is 0 Å². The van der Waals surface area contributed by atoms with Gasteiger partial charge in [0.2, 0.25) is 6.79 Å². The van der Waals surface area contributed by atoms with Gasteiger partial charge in [-0.25, -0.2) is 8.37 Å². The molecule has 0 aliphatic carbocycles. The van der Waals surface area contributed by atoms with Crippen molar-refractivity contribution >= 4 is 39.7 Å². The molecule has 1 N–H and O–H groups in total. The molecule has 144 valence electrons. The van der Waals surface area contributed by atoms with Crippen LogP contribution in [0, 0.1) is 0 Å². The lowest BCUT2D eigenvalue weighted by Crippen LogP contribution is -2.26. The summed E-state index contributed by atoms with van der Waals surface area (Å²) in [5.74, 6) is 1.73. The lowest BCUT2D eigenvalue weighted by atomic mass is 10.2. The first-order valence-corrected chi connectivity index (χ1v) is 11.0. The molecule has 3 aliphatic rings. The lowest BCUT2D eigenvalue weighted by Gasteiger charge is -2.45. The molecule has 1 amide bonds. The lowest BCUT2D eigenvalue weighted by molar-refractivity contribution is -0.115. The molecule has 0 atom stereocenters. The van der Waals surface area contributed by atoms with Crippen molar-refractivity contribution < 1.29 is 22.6 Å². The summed E-state index contributed by atoms with van der Waals surface area (Å²) in [5.41, 5.74) is 1.93. The van der Waals surface area contributed by atoms with E-state index in [0.29, 0.717) is 27.3 Å². The van der Waals surface area contributed by atoms with Gasteiger partial charge in [-0.15, -0.1) is 4.40 Å². The molecule has 5 rings (SSSR count). The van der Waals surface area contributed by atoms with Crippen LogP contribution in [-0.2, 0) is 18.9 Å². The molecule has 2 saturated heterocycles. The van der Waals surface area contributed by atoms with Crippen LogP contribution in [0.15, 0.2) is 57.8 Å². The van der Waals surface area contributed by atoms with Crippen molar-refractivity contribution in [1.29, 1.82) is 0 Å². The zero-order valence-corrected chi connectivity index (χ0v) is 16.3. The van der Waals surface area contributed by atoms with Crippen molar-refractivity contribution in [3.05, 3.63) is 64.6 Å². The zero-order valence-electron chi connectivity index (χ0n) is 14.6. The number of carbonyl (C=O) groups is 1. The van der Waals surface area contributed by atoms with Gasteiger partial charge in [0.05, 0.1) is 10.7 Å². The number of carbonyl (C=O) groups excluding carboxylic acids is 1. The van der Waals surface area contributed by atoms with Gasteiger partial charge in [0.1, 0.15) is 0 Å². The topological polar surface area (TPSA) is 78.4 Å². The van der Waals surface area contributed by atoms with E-state index in [4.69, 9.17) is 17.8 Å². The average Bonchev–Trinajstić information content (AvgIpc) is 3.27. The van der Waals surface area contributed by atoms with Crippen molar-refractivity contribution in [1.82, 2.24) is 5.32 Å². The van der Waals surface area contributed by atoms with Crippen LogP contribution in [0.3, 0.4) is 0 Å². The van der Waals surface area contributed by atoms with Crippen LogP contribution in [-0.4, -0.2) is 24.7 Å². The number of hydrogen-bond donors (Lipinski definition) is 1. The third kappa shape index (κ3) is 3.49. The van der Waals surface area contributed by atoms with Gasteiger partial charge >= 0.3 is 0 Å². The molecule has 3 aliphatic heterocycles. The summed E-state index contributed by atoms with van der Waals surface area (Å²) in [6, 6.07) is 15.5. The minimum absolute atomic E-state index is 0.199. The summed E-state index contributed by atoms with van der Waals surface area (Å²) in [6.07, 6.45) is 1.80. The van der Waals surface area contributed by atoms with Crippen molar-refractivity contribution in [2.24, 2.45) is 4.40 Å². The van der Waals surface area contributed by atoms with Gasteiger partial charge in [0, 0.05) is 0 Å². The molecule has 0 aromatic heterocycles. The smallest absolute Gasteiger partial charge is 0.264 e. The number of nitrogens with zero attached hydrogens (tertiary/aromatic N) is 1. The summed E-state index contributed by atoms with van der Waals surface area (Å²) in [4.78, 5) is 12.9. The highest BCUT2D eigenvalue weighted by Gasteiger charge is 2.34. The second-order valence-corrected chi connectivity index (χ2v) is 9.28. The maximum atomic E-state index is 12.4. The van der Waals surface area contributed by atoms with E-state index < -0.39 is 10.8 Å². The summed E-state index contributed by atoms with van der Waals surface area (Å²) in [7, 11) is -2.07. The van der Waals surface area contributed by atoms with E-state index in [-0.39, 0.29) is 19.5 Å². The first-order valence-electron chi connectivity index (χ1n) is 8.53. The SMILES string of the molecule is O=C1N/C(=N\S2(Cc3ccccc3)OCO2)S/C1=C\c1ccc2c(c1)OCO2. The van der Waals surface area contributed by atoms with E-state index >= 15 is 0 Å². The molecule has 0 radical (unpaired) electrons. The summed E-state index contributed by atoms with van der Waals surface area (Å²) in [6.45, 7) is 0.436. The predicted octanol–water partition coefficient (Wildman–Crippen LogP) is 3.73. The van der Waals surface area contributed by atoms with Crippen LogP contribution in [0.2, 0.25) is 0 Å². The molecule has 0 spiro atoms. The van der Waals surface area contributed by atoms with E-state index in [1.807, 2.05) is 48.5 Å². The molecule has 28 heavy (non-hydrogen) atoms. The molecule has 0 bridgehead atoms. The Morgan fingerprint density at radius 2 is 1.89 bits per heavy atom. The number of amidine groups is 1. The van der Waals surface area contributed by atoms with Gasteiger partial charge in [-0.05, 0) is 41.1 Å². The van der Waals surface area contributed by atoms with Crippen LogP contribution in [0.1, 0.15) is 11.1 Å². The fraction of sp³-hybridized carbons (Fsp3) is 0.158. The molecular weight excluding hydrogens is 400 g/mol. The van der Waals surface area contributed by atoms with Gasteiger partial charge in [-0.1, -0.05) is 47.2 Å². The number of ether oxygens (including phenoxy) is 2. The highest BCUT2D eigenvalue weighted by molar-refractivity contribution is 8.26. The first kappa shape index (κ1) is 17.6. The Morgan fingerprint density at radius 3 is 2.68 bits per heavy atom. The predicted molar refractivity (Wildman–Crippen MR) is 108 cm³/mol. The third-order valence-corrected chi connectivity index (χ3v) is 7.34. The summed E-state index contributed by atoms with van der Waals surface area (Å²) >= 11 is 1.27. The van der Waals surface area contributed by atoms with Crippen molar-refractivity contribution in [3.8, 4) is 11.5 Å². The average molecular weight is 416 g/mol. The van der Waals surface area contributed by atoms with Crippen molar-refractivity contribution in [3.63, 3.8) is 0 Å². The van der Waals surface area contributed by atoms with Gasteiger partial charge in [0.25, 0.3) is 5.91 Å². The molecule has 7 nitrogen and oxygen atoms in total. The van der Waals surface area contributed by atoms with Gasteiger partial charge in [-0.2, -0.15) is 0 Å². The van der Waals surface area contributed by atoms with Gasteiger partial charge in [-0.3, -0.25) is 10.1 Å². The fourth-order valence-electron chi connectivity index (χ4n) is 2.86. The molecule has 0 unspecified atom stereocenters. The molecule has 9 heteroatoms. The Hall–Kier alpha value is -2.46. The number of nitrogens with one attached hydrogen (secondary N) is 1. The Balaban J connectivity index is 1.35. The van der Waals surface area contributed by atoms with E-state index in [2.05, 4.69) is 9.71 Å². The standard InChI is InChI=1S/C19H16N2O5S2/c22-18-17(9-14-6-7-15-16(8-14)24-11-23-15)27-19(20-18)21-28(25-12-26-28)10-13-4-2-1-3-5-13/h1-9H,10-12H2,(H,20,21,22)/b17-9-. The Labute approximate surface area is 167 Å². The van der Waals surface area contributed by atoms with Crippen molar-refractivity contribution in [2.75, 3.05) is 13.6 Å². The highest BCUT2D eigenvalue weighted by Crippen LogP contribution is 2.61. The molecular formula is C19H16N2O5S2. The summed E-state index contributed by atoms with van der Waals surface area (Å²) < 4.78 is 26.7. The number of rotatable bonds is 4. The second kappa shape index (κ2) is 7.17. The number of hydrogen-bond acceptors (Lipinski definition) is 7. The Kier molecular flexibility index (Phi) is 4.52. The minimum Gasteiger partial charge on any atom is -0.454 e. The number of thioether (sulfide) groups is 1. The maximum absolute atomic E-state index is 12.4. The summed E-state index contributed by atoms with van der Waals surface area (Å²) in [5, 5.41) is 3.29. The largest absolute Gasteiger partial charge is 0.454 e. The fourth-order valence-corrected chi connectivity index (χ4v) is 5.61. The first-order chi connectivity index (χ1) is 13.7. The van der Waals surface area contributed by atoms with Crippen molar-refractivity contribution in [2.45, 2.75) is 5.75 Å². The molecule has 2 aromatic carbocycles. The van der Waals surface area contributed by atoms with E-state index in [1.165, 1.54) is 11.8 Å². The highest BCUT2D eigenvalue weighted by atomic mass is 32.3. The van der Waals surface area contributed by atoms with Crippen LogP contribution < -0.4 is 14.8 Å². The monoisotopic (exact) mass is 416 g/mol. The Bertz CT molecular complexity index is 989. The maximum Gasteiger partial charge on any atom is 0.264 e. The molecule has 2 aromatic rings. The Morgan fingerprint density at radius 1 is 1.07 bits per heavy atom. The quantitative estimate of drug-likeness (QED) is 0.766. The number of benzene rings is 2. The van der Waals surface area contributed by atoms with Crippen LogP contribution in [0.5, 0.6) is 11.5 Å². The van der Waals surface area contributed by atoms with E-state index in [1.54, 1.807) is 6.08 Å². The van der Waals surface area contributed by atoms with Gasteiger partial charge in [0.15, 0.2) is 23.5 Å².